The molecule has 0 fully saturated rings. The predicted molar refractivity (Wildman–Crippen MR) is 39.8 cm³/mol. The van der Waals surface area contributed by atoms with Crippen LogP contribution in [0.1, 0.15) is 24.4 Å². The molecular formula is C7H12N2O2. The lowest BCUT2D eigenvalue weighted by Crippen LogP contribution is -2.01. The lowest BCUT2D eigenvalue weighted by atomic mass is 10.2. The molecule has 1 aromatic heterocycles. The number of aliphatic hydroxyl groups excluding tert-OH is 2. The molecule has 1 unspecified atom stereocenters. The molecule has 0 amide bonds. The molecule has 0 aliphatic rings. The van der Waals surface area contributed by atoms with Gasteiger partial charge in [0.15, 0.2) is 0 Å². The number of hydrogen-bond acceptors (Lipinski definition) is 3. The highest BCUT2D eigenvalue weighted by atomic mass is 16.3. The van der Waals surface area contributed by atoms with Crippen LogP contribution in [0.3, 0.4) is 0 Å². The second-order valence-corrected chi connectivity index (χ2v) is 2.52. The maximum absolute atomic E-state index is 9.17. The van der Waals surface area contributed by atoms with Gasteiger partial charge in [-0.1, -0.05) is 0 Å². The van der Waals surface area contributed by atoms with Gasteiger partial charge in [-0.05, 0) is 13.0 Å². The molecule has 0 spiro atoms. The fourth-order valence-corrected chi connectivity index (χ4v) is 1.01. The smallest absolute Gasteiger partial charge is 0.0928 e. The van der Waals surface area contributed by atoms with Gasteiger partial charge in [-0.15, -0.1) is 0 Å². The van der Waals surface area contributed by atoms with Gasteiger partial charge in [0.1, 0.15) is 0 Å². The topological polar surface area (TPSA) is 58.3 Å². The molecule has 1 atom stereocenters. The summed E-state index contributed by atoms with van der Waals surface area (Å²) in [4.78, 5) is 0. The number of aliphatic hydroxyl groups is 2. The average molecular weight is 156 g/mol. The average Bonchev–Trinajstić information content (AvgIpc) is 2.30. The molecule has 2 N–H and O–H groups in total. The molecular weight excluding hydrogens is 144 g/mol. The third-order valence-corrected chi connectivity index (χ3v) is 1.56. The minimum atomic E-state index is -0.534. The Morgan fingerprint density at radius 2 is 2.36 bits per heavy atom. The van der Waals surface area contributed by atoms with E-state index in [4.69, 9.17) is 5.11 Å². The zero-order valence-corrected chi connectivity index (χ0v) is 6.65. The van der Waals surface area contributed by atoms with Gasteiger partial charge < -0.3 is 10.2 Å². The minimum absolute atomic E-state index is 0.0828. The van der Waals surface area contributed by atoms with Gasteiger partial charge in [-0.2, -0.15) is 5.10 Å². The van der Waals surface area contributed by atoms with Crippen LogP contribution in [0.15, 0.2) is 6.07 Å². The first-order valence-electron chi connectivity index (χ1n) is 3.47. The monoisotopic (exact) mass is 156 g/mol. The van der Waals surface area contributed by atoms with Crippen LogP contribution in [-0.2, 0) is 13.7 Å². The van der Waals surface area contributed by atoms with Crippen molar-refractivity contribution in [3.05, 3.63) is 17.5 Å². The summed E-state index contributed by atoms with van der Waals surface area (Å²) in [6.07, 6.45) is -0.534. The lowest BCUT2D eigenvalue weighted by molar-refractivity contribution is 0.189. The van der Waals surface area contributed by atoms with Gasteiger partial charge in [0.2, 0.25) is 0 Å². The molecule has 0 aliphatic heterocycles. The summed E-state index contributed by atoms with van der Waals surface area (Å²) in [5, 5.41) is 21.8. The third-order valence-electron chi connectivity index (χ3n) is 1.56. The van der Waals surface area contributed by atoms with Crippen LogP contribution >= 0.6 is 0 Å². The molecule has 0 bridgehead atoms. The van der Waals surface area contributed by atoms with Gasteiger partial charge in [0.25, 0.3) is 0 Å². The zero-order chi connectivity index (χ0) is 8.43. The maximum atomic E-state index is 9.17. The van der Waals surface area contributed by atoms with Gasteiger partial charge in [-0.25, -0.2) is 0 Å². The highest BCUT2D eigenvalue weighted by molar-refractivity contribution is 5.11. The molecule has 0 radical (unpaired) electrons. The van der Waals surface area contributed by atoms with Crippen molar-refractivity contribution in [3.63, 3.8) is 0 Å². The normalized spacial score (nSPS) is 13.5. The first-order valence-corrected chi connectivity index (χ1v) is 3.47. The summed E-state index contributed by atoms with van der Waals surface area (Å²) in [6, 6.07) is 1.69. The van der Waals surface area contributed by atoms with Crippen LogP contribution in [0, 0.1) is 0 Å². The summed E-state index contributed by atoms with van der Waals surface area (Å²) in [5.74, 6) is 0. The van der Waals surface area contributed by atoms with Crippen molar-refractivity contribution < 1.29 is 10.2 Å². The van der Waals surface area contributed by atoms with Crippen molar-refractivity contribution in [2.75, 3.05) is 0 Å². The van der Waals surface area contributed by atoms with Crippen LogP contribution in [-0.4, -0.2) is 20.0 Å². The van der Waals surface area contributed by atoms with Crippen molar-refractivity contribution in [3.8, 4) is 0 Å². The van der Waals surface area contributed by atoms with Crippen LogP contribution in [0.5, 0.6) is 0 Å². The number of nitrogens with zero attached hydrogens (tertiary/aromatic N) is 2. The van der Waals surface area contributed by atoms with Crippen molar-refractivity contribution in [1.29, 1.82) is 0 Å². The molecule has 62 valence electrons. The summed E-state index contributed by atoms with van der Waals surface area (Å²) < 4.78 is 1.57. The molecule has 0 saturated carbocycles. The van der Waals surface area contributed by atoms with Gasteiger partial charge in [0.05, 0.1) is 24.1 Å². The van der Waals surface area contributed by atoms with Crippen molar-refractivity contribution >= 4 is 0 Å². The second-order valence-electron chi connectivity index (χ2n) is 2.52. The van der Waals surface area contributed by atoms with Crippen LogP contribution in [0.2, 0.25) is 0 Å². The van der Waals surface area contributed by atoms with E-state index in [1.54, 1.807) is 24.7 Å². The van der Waals surface area contributed by atoms with Gasteiger partial charge in [0, 0.05) is 7.05 Å². The Morgan fingerprint density at radius 1 is 1.73 bits per heavy atom. The summed E-state index contributed by atoms with van der Waals surface area (Å²) in [6.45, 7) is 1.58. The Morgan fingerprint density at radius 3 is 2.64 bits per heavy atom. The molecule has 1 aromatic rings. The molecule has 4 heteroatoms. The first-order chi connectivity index (χ1) is 5.15. The Kier molecular flexibility index (Phi) is 2.26. The standard InChI is InChI=1S/C7H12N2O2/c1-5(11)7-3-6(4-10)8-9(7)2/h3,5,10-11H,4H2,1-2H3. The summed E-state index contributed by atoms with van der Waals surface area (Å²) >= 11 is 0. The van der Waals surface area contributed by atoms with E-state index in [0.29, 0.717) is 11.4 Å². The Bertz CT molecular complexity index is 243. The van der Waals surface area contributed by atoms with E-state index in [0.717, 1.165) is 0 Å². The van der Waals surface area contributed by atoms with E-state index in [9.17, 15) is 5.11 Å². The van der Waals surface area contributed by atoms with E-state index >= 15 is 0 Å². The SMILES string of the molecule is CC(O)c1cc(CO)nn1C. The fraction of sp³-hybridized carbons (Fsp3) is 0.571. The molecule has 11 heavy (non-hydrogen) atoms. The lowest BCUT2D eigenvalue weighted by Gasteiger charge is -2.02. The number of rotatable bonds is 2. The Balaban J connectivity index is 2.97. The van der Waals surface area contributed by atoms with E-state index in [2.05, 4.69) is 5.10 Å². The largest absolute Gasteiger partial charge is 0.390 e. The van der Waals surface area contributed by atoms with Crippen molar-refractivity contribution in [1.82, 2.24) is 9.78 Å². The highest BCUT2D eigenvalue weighted by Gasteiger charge is 2.08. The Hall–Kier alpha value is -0.870. The third kappa shape index (κ3) is 1.58. The molecule has 1 heterocycles. The van der Waals surface area contributed by atoms with E-state index in [-0.39, 0.29) is 6.61 Å². The van der Waals surface area contributed by atoms with Gasteiger partial charge in [-0.3, -0.25) is 4.68 Å². The summed E-state index contributed by atoms with van der Waals surface area (Å²) in [7, 11) is 1.74. The number of aromatic nitrogens is 2. The molecule has 4 nitrogen and oxygen atoms in total. The maximum Gasteiger partial charge on any atom is 0.0928 e. The quantitative estimate of drug-likeness (QED) is 0.632. The molecule has 0 aliphatic carbocycles. The molecule has 0 saturated heterocycles. The highest BCUT2D eigenvalue weighted by Crippen LogP contribution is 2.11. The van der Waals surface area contributed by atoms with Crippen LogP contribution < -0.4 is 0 Å². The second kappa shape index (κ2) is 3.02. The van der Waals surface area contributed by atoms with Crippen LogP contribution in [0.4, 0.5) is 0 Å². The van der Waals surface area contributed by atoms with Crippen LogP contribution in [0.25, 0.3) is 0 Å². The van der Waals surface area contributed by atoms with Crippen molar-refractivity contribution in [2.24, 2.45) is 7.05 Å². The zero-order valence-electron chi connectivity index (χ0n) is 6.65. The van der Waals surface area contributed by atoms with E-state index < -0.39 is 6.10 Å². The van der Waals surface area contributed by atoms with Crippen molar-refractivity contribution in [2.45, 2.75) is 19.6 Å². The number of hydrogen-bond donors (Lipinski definition) is 2. The Labute approximate surface area is 65.1 Å². The summed E-state index contributed by atoms with van der Waals surface area (Å²) in [5.41, 5.74) is 1.30. The first kappa shape index (κ1) is 8.23. The molecule has 1 rings (SSSR count). The van der Waals surface area contributed by atoms with E-state index in [1.165, 1.54) is 0 Å². The minimum Gasteiger partial charge on any atom is -0.390 e. The van der Waals surface area contributed by atoms with E-state index in [1.807, 2.05) is 0 Å². The predicted octanol–water partition coefficient (Wildman–Crippen LogP) is -0.0343. The fourth-order valence-electron chi connectivity index (χ4n) is 1.01. The molecule has 0 aromatic carbocycles. The van der Waals surface area contributed by atoms with Gasteiger partial charge >= 0.3 is 0 Å². The number of aryl methyl sites for hydroxylation is 1.